The van der Waals surface area contributed by atoms with Gasteiger partial charge in [-0.3, -0.25) is 0 Å². The monoisotopic (exact) mass is 314 g/mol. The van der Waals surface area contributed by atoms with Crippen molar-refractivity contribution < 1.29 is 19.4 Å². The molecule has 2 rings (SSSR count). The molecule has 0 saturated carbocycles. The fourth-order valence-corrected chi connectivity index (χ4v) is 2.16. The highest BCUT2D eigenvalue weighted by Crippen LogP contribution is 2.37. The van der Waals surface area contributed by atoms with E-state index < -0.39 is 6.10 Å². The standard InChI is InChI=1S/C14H19ClN2O4/c1-9(18)7-16-14(19)17-8-10-5-11(15)13-12(6-10)20-3-2-4-21-13/h5-6,9,18H,2-4,7-8H2,1H3,(H2,16,17,19)/t9-/m0/s1. The van der Waals surface area contributed by atoms with Crippen LogP contribution >= 0.6 is 11.6 Å². The summed E-state index contributed by atoms with van der Waals surface area (Å²) < 4.78 is 11.1. The summed E-state index contributed by atoms with van der Waals surface area (Å²) in [5.74, 6) is 1.15. The maximum absolute atomic E-state index is 11.5. The summed E-state index contributed by atoms with van der Waals surface area (Å²) >= 11 is 6.17. The van der Waals surface area contributed by atoms with E-state index >= 15 is 0 Å². The van der Waals surface area contributed by atoms with Crippen molar-refractivity contribution in [3.63, 3.8) is 0 Å². The van der Waals surface area contributed by atoms with Gasteiger partial charge in [0.1, 0.15) is 0 Å². The molecule has 3 N–H and O–H groups in total. The fourth-order valence-electron chi connectivity index (χ4n) is 1.87. The highest BCUT2D eigenvalue weighted by molar-refractivity contribution is 6.32. The number of hydrogen-bond donors (Lipinski definition) is 3. The Balaban J connectivity index is 1.96. The number of hydrogen-bond acceptors (Lipinski definition) is 4. The summed E-state index contributed by atoms with van der Waals surface area (Å²) in [6, 6.07) is 3.20. The summed E-state index contributed by atoms with van der Waals surface area (Å²) in [5, 5.41) is 14.8. The van der Waals surface area contributed by atoms with Crippen LogP contribution in [0.2, 0.25) is 5.02 Å². The second-order valence-corrected chi connectivity index (χ2v) is 5.28. The number of aliphatic hydroxyl groups is 1. The second kappa shape index (κ2) is 7.38. The topological polar surface area (TPSA) is 79.8 Å². The number of benzene rings is 1. The molecular weight excluding hydrogens is 296 g/mol. The molecule has 0 aliphatic carbocycles. The van der Waals surface area contributed by atoms with E-state index in [1.807, 2.05) is 6.07 Å². The zero-order valence-electron chi connectivity index (χ0n) is 11.8. The van der Waals surface area contributed by atoms with Crippen LogP contribution in [0.3, 0.4) is 0 Å². The van der Waals surface area contributed by atoms with Crippen LogP contribution in [0, 0.1) is 0 Å². The number of aliphatic hydroxyl groups excluding tert-OH is 1. The van der Waals surface area contributed by atoms with Crippen molar-refractivity contribution in [3.05, 3.63) is 22.7 Å². The van der Waals surface area contributed by atoms with Gasteiger partial charge in [0.15, 0.2) is 11.5 Å². The van der Waals surface area contributed by atoms with E-state index in [1.54, 1.807) is 13.0 Å². The molecule has 0 bridgehead atoms. The lowest BCUT2D eigenvalue weighted by atomic mass is 10.2. The van der Waals surface area contributed by atoms with Crippen LogP contribution in [0.25, 0.3) is 0 Å². The molecule has 0 saturated heterocycles. The number of urea groups is 1. The van der Waals surface area contributed by atoms with Gasteiger partial charge in [-0.05, 0) is 24.6 Å². The lowest BCUT2D eigenvalue weighted by molar-refractivity contribution is 0.187. The van der Waals surface area contributed by atoms with E-state index in [0.29, 0.717) is 36.3 Å². The molecule has 0 spiro atoms. The van der Waals surface area contributed by atoms with Crippen LogP contribution in [0.1, 0.15) is 18.9 Å². The predicted octanol–water partition coefficient (Wildman–Crippen LogP) is 1.68. The van der Waals surface area contributed by atoms with Gasteiger partial charge in [-0.25, -0.2) is 4.79 Å². The van der Waals surface area contributed by atoms with Crippen molar-refractivity contribution in [2.75, 3.05) is 19.8 Å². The van der Waals surface area contributed by atoms with Gasteiger partial charge in [0.25, 0.3) is 0 Å². The highest BCUT2D eigenvalue weighted by atomic mass is 35.5. The number of carbonyl (C=O) groups excluding carboxylic acids is 1. The Labute approximate surface area is 128 Å². The summed E-state index contributed by atoms with van der Waals surface area (Å²) in [5.41, 5.74) is 0.816. The van der Waals surface area contributed by atoms with Crippen LogP contribution in [0.15, 0.2) is 12.1 Å². The molecule has 7 heteroatoms. The number of ether oxygens (including phenoxy) is 2. The number of nitrogens with one attached hydrogen (secondary N) is 2. The van der Waals surface area contributed by atoms with Crippen molar-refractivity contribution in [3.8, 4) is 11.5 Å². The minimum atomic E-state index is -0.580. The third kappa shape index (κ3) is 4.68. The largest absolute Gasteiger partial charge is 0.489 e. The summed E-state index contributed by atoms with van der Waals surface area (Å²) in [6.45, 7) is 3.26. The molecule has 1 atom stereocenters. The number of amides is 2. The molecule has 0 aromatic heterocycles. The SMILES string of the molecule is C[C@H](O)CNC(=O)NCc1cc(Cl)c2c(c1)OCCCO2. The molecule has 0 fully saturated rings. The normalized spacial score (nSPS) is 15.0. The van der Waals surface area contributed by atoms with Gasteiger partial charge in [0, 0.05) is 19.5 Å². The number of fused-ring (bicyclic) bond motifs is 1. The third-order valence-corrected chi connectivity index (χ3v) is 3.15. The molecule has 1 aliphatic rings. The van der Waals surface area contributed by atoms with Crippen molar-refractivity contribution >= 4 is 17.6 Å². The van der Waals surface area contributed by atoms with Gasteiger partial charge >= 0.3 is 6.03 Å². The van der Waals surface area contributed by atoms with Crippen LogP contribution in [0.4, 0.5) is 4.79 Å². The molecule has 116 valence electrons. The maximum Gasteiger partial charge on any atom is 0.315 e. The number of carbonyl (C=O) groups is 1. The Morgan fingerprint density at radius 2 is 2.14 bits per heavy atom. The highest BCUT2D eigenvalue weighted by Gasteiger charge is 2.15. The van der Waals surface area contributed by atoms with E-state index in [1.165, 1.54) is 0 Å². The Bertz CT molecular complexity index is 508. The van der Waals surface area contributed by atoms with E-state index in [-0.39, 0.29) is 12.6 Å². The molecule has 1 aromatic rings. The molecule has 6 nitrogen and oxygen atoms in total. The van der Waals surface area contributed by atoms with Crippen molar-refractivity contribution in [1.82, 2.24) is 10.6 Å². The first-order chi connectivity index (χ1) is 10.1. The Morgan fingerprint density at radius 3 is 2.90 bits per heavy atom. The molecule has 0 radical (unpaired) electrons. The zero-order valence-corrected chi connectivity index (χ0v) is 12.6. The van der Waals surface area contributed by atoms with Crippen molar-refractivity contribution in [2.24, 2.45) is 0 Å². The first-order valence-electron chi connectivity index (χ1n) is 6.84. The third-order valence-electron chi connectivity index (χ3n) is 2.87. The quantitative estimate of drug-likeness (QED) is 0.790. The van der Waals surface area contributed by atoms with Gasteiger partial charge in [-0.1, -0.05) is 11.6 Å². The van der Waals surface area contributed by atoms with Crippen molar-refractivity contribution in [1.29, 1.82) is 0 Å². The summed E-state index contributed by atoms with van der Waals surface area (Å²) in [4.78, 5) is 11.5. The van der Waals surface area contributed by atoms with Gasteiger partial charge < -0.3 is 25.2 Å². The minimum absolute atomic E-state index is 0.202. The first-order valence-corrected chi connectivity index (χ1v) is 7.22. The van der Waals surface area contributed by atoms with Crippen LogP contribution in [0.5, 0.6) is 11.5 Å². The van der Waals surface area contributed by atoms with Gasteiger partial charge in [-0.2, -0.15) is 0 Å². The second-order valence-electron chi connectivity index (χ2n) is 4.87. The Morgan fingerprint density at radius 1 is 1.38 bits per heavy atom. The van der Waals surface area contributed by atoms with Crippen molar-refractivity contribution in [2.45, 2.75) is 26.0 Å². The lowest BCUT2D eigenvalue weighted by Gasteiger charge is -2.13. The molecule has 2 amide bonds. The molecule has 1 aromatic carbocycles. The van der Waals surface area contributed by atoms with E-state index in [2.05, 4.69) is 10.6 Å². The molecular formula is C14H19ClN2O4. The predicted molar refractivity (Wildman–Crippen MR) is 79.0 cm³/mol. The molecule has 21 heavy (non-hydrogen) atoms. The smallest absolute Gasteiger partial charge is 0.315 e. The Kier molecular flexibility index (Phi) is 5.52. The van der Waals surface area contributed by atoms with Crippen LogP contribution in [-0.2, 0) is 6.54 Å². The average Bonchev–Trinajstić information content (AvgIpc) is 2.68. The molecule has 0 unspecified atom stereocenters. The first kappa shape index (κ1) is 15.7. The van der Waals surface area contributed by atoms with E-state index in [0.717, 1.165) is 12.0 Å². The van der Waals surface area contributed by atoms with Gasteiger partial charge in [0.05, 0.1) is 24.3 Å². The summed E-state index contributed by atoms with van der Waals surface area (Å²) in [6.07, 6.45) is 0.226. The van der Waals surface area contributed by atoms with Gasteiger partial charge in [-0.15, -0.1) is 0 Å². The number of rotatable bonds is 4. The molecule has 1 aliphatic heterocycles. The minimum Gasteiger partial charge on any atom is -0.489 e. The van der Waals surface area contributed by atoms with Gasteiger partial charge in [0.2, 0.25) is 0 Å². The fraction of sp³-hybridized carbons (Fsp3) is 0.500. The Hall–Kier alpha value is -1.66. The summed E-state index contributed by atoms with van der Waals surface area (Å²) in [7, 11) is 0. The number of halogens is 1. The maximum atomic E-state index is 11.5. The van der Waals surface area contributed by atoms with Crippen LogP contribution in [-0.4, -0.2) is 37.0 Å². The van der Waals surface area contributed by atoms with E-state index in [9.17, 15) is 4.79 Å². The average molecular weight is 315 g/mol. The van der Waals surface area contributed by atoms with Crippen LogP contribution < -0.4 is 20.1 Å². The zero-order chi connectivity index (χ0) is 15.2. The molecule has 1 heterocycles. The lowest BCUT2D eigenvalue weighted by Crippen LogP contribution is -2.38. The van der Waals surface area contributed by atoms with E-state index in [4.69, 9.17) is 26.2 Å².